The number of phosphoric ester groups is 2. The van der Waals surface area contributed by atoms with E-state index in [1.165, 1.54) is 25.7 Å². The number of ketones is 1. The molecule has 1 rings (SSSR count). The standard InChI is InChI=1S/C44H80O16P2/c1-3-5-7-8-9-10-11-12-13-14-15-16-17-18-24-28-44(50)60-38(35-59-62(54,55)58-33-37(46)32-57-61(51,52)53)34-56-43(49)27-23-20-19-22-26-39-40(42(48)31-41(39)47)30-29-36(45)25-21-6-4-2/h10-11,29-30,36-41,45-47H,3-9,12-28,31-35H2,1-2H3,(H,54,55)(H2,51,52,53)/b11-10-,30-29+/t36-,37-,38+,39+,40+,41-/m0/s1. The zero-order valence-corrected chi connectivity index (χ0v) is 39.2. The van der Waals surface area contributed by atoms with Crippen molar-refractivity contribution in [2.75, 3.05) is 26.4 Å². The Morgan fingerprint density at radius 1 is 0.694 bits per heavy atom. The van der Waals surface area contributed by atoms with Crippen molar-refractivity contribution >= 4 is 33.4 Å². The maximum Gasteiger partial charge on any atom is 0.472 e. The van der Waals surface area contributed by atoms with Crippen LogP contribution in [0.2, 0.25) is 0 Å². The summed E-state index contributed by atoms with van der Waals surface area (Å²) in [7, 11) is -9.76. The Morgan fingerprint density at radius 3 is 1.85 bits per heavy atom. The lowest BCUT2D eigenvalue weighted by atomic mass is 9.88. The van der Waals surface area contributed by atoms with Crippen LogP contribution in [0.1, 0.15) is 174 Å². The second-order valence-corrected chi connectivity index (χ2v) is 19.2. The first-order valence-electron chi connectivity index (χ1n) is 23.1. The Kier molecular flexibility index (Phi) is 33.3. The minimum Gasteiger partial charge on any atom is -0.462 e. The molecule has 16 nitrogen and oxygen atoms in total. The molecule has 7 atom stereocenters. The largest absolute Gasteiger partial charge is 0.472 e. The van der Waals surface area contributed by atoms with Gasteiger partial charge in [-0.1, -0.05) is 128 Å². The highest BCUT2D eigenvalue weighted by atomic mass is 31.2. The number of Topliss-reactive ketones (excluding diaryl/α,β-unsaturated/α-hetero) is 1. The Morgan fingerprint density at radius 2 is 1.23 bits per heavy atom. The van der Waals surface area contributed by atoms with Crippen LogP contribution >= 0.6 is 15.6 Å². The first-order valence-corrected chi connectivity index (χ1v) is 26.2. The van der Waals surface area contributed by atoms with Crippen LogP contribution in [0.4, 0.5) is 0 Å². The molecule has 0 saturated heterocycles. The predicted molar refractivity (Wildman–Crippen MR) is 236 cm³/mol. The van der Waals surface area contributed by atoms with E-state index in [0.717, 1.165) is 83.5 Å². The average Bonchev–Trinajstić information content (AvgIpc) is 3.49. The number of esters is 2. The molecule has 0 aromatic heterocycles. The van der Waals surface area contributed by atoms with Gasteiger partial charge < -0.3 is 39.5 Å². The number of unbranched alkanes of at least 4 members (excludes halogenated alkanes) is 16. The lowest BCUT2D eigenvalue weighted by Crippen LogP contribution is -2.30. The zero-order valence-electron chi connectivity index (χ0n) is 37.4. The Hall–Kier alpha value is -1.81. The van der Waals surface area contributed by atoms with Crippen LogP contribution in [-0.4, -0.2) is 98.6 Å². The highest BCUT2D eigenvalue weighted by Gasteiger charge is 2.39. The van der Waals surface area contributed by atoms with Gasteiger partial charge in [-0.2, -0.15) is 0 Å². The van der Waals surface area contributed by atoms with Crippen LogP contribution in [0.5, 0.6) is 0 Å². The Balaban J connectivity index is 2.52. The van der Waals surface area contributed by atoms with Gasteiger partial charge in [-0.05, 0) is 57.3 Å². The molecule has 62 heavy (non-hydrogen) atoms. The van der Waals surface area contributed by atoms with Gasteiger partial charge in [0.25, 0.3) is 0 Å². The SMILES string of the molecule is CCCCCC/C=C\CCCCCCCCCC(=O)O[C@H](COC(=O)CCCCCC[C@H]1[C@@H](O)CC(=O)[C@@H]1/C=C/[C@@H](O)CCCCC)COP(=O)(O)OC[C@@H](O)COP(=O)(O)O. The number of rotatable bonds is 40. The molecule has 1 unspecified atom stereocenters. The summed E-state index contributed by atoms with van der Waals surface area (Å²) in [6.45, 7) is 1.39. The fraction of sp³-hybridized carbons (Fsp3) is 0.841. The van der Waals surface area contributed by atoms with Gasteiger partial charge >= 0.3 is 27.6 Å². The lowest BCUT2D eigenvalue weighted by Gasteiger charge is -2.20. The molecule has 0 aromatic carbocycles. The van der Waals surface area contributed by atoms with Gasteiger partial charge in [0.1, 0.15) is 18.5 Å². The lowest BCUT2D eigenvalue weighted by molar-refractivity contribution is -0.161. The zero-order chi connectivity index (χ0) is 46.1. The molecule has 0 bridgehead atoms. The van der Waals surface area contributed by atoms with Crippen LogP contribution in [-0.2, 0) is 46.6 Å². The number of hydrogen-bond acceptors (Lipinski definition) is 13. The van der Waals surface area contributed by atoms with Gasteiger partial charge in [0.05, 0.1) is 32.0 Å². The highest BCUT2D eigenvalue weighted by molar-refractivity contribution is 7.47. The molecule has 0 spiro atoms. The third-order valence-electron chi connectivity index (χ3n) is 10.7. The summed E-state index contributed by atoms with van der Waals surface area (Å²) in [5.41, 5.74) is 0. The highest BCUT2D eigenvalue weighted by Crippen LogP contribution is 2.44. The monoisotopic (exact) mass is 926 g/mol. The minimum atomic E-state index is -4.89. The van der Waals surface area contributed by atoms with Crippen LogP contribution in [0.25, 0.3) is 0 Å². The molecular weight excluding hydrogens is 846 g/mol. The van der Waals surface area contributed by atoms with Gasteiger partial charge in [0.15, 0.2) is 6.10 Å². The normalized spacial score (nSPS) is 19.5. The fourth-order valence-corrected chi connectivity index (χ4v) is 8.29. The van der Waals surface area contributed by atoms with E-state index in [9.17, 15) is 43.7 Å². The van der Waals surface area contributed by atoms with Crippen molar-refractivity contribution in [3.8, 4) is 0 Å². The van der Waals surface area contributed by atoms with Crippen molar-refractivity contribution < 1.29 is 76.6 Å². The third-order valence-corrected chi connectivity index (χ3v) is 12.1. The van der Waals surface area contributed by atoms with Gasteiger partial charge in [0, 0.05) is 25.2 Å². The van der Waals surface area contributed by atoms with Gasteiger partial charge in [-0.3, -0.25) is 28.0 Å². The molecule has 0 radical (unpaired) electrons. The van der Waals surface area contributed by atoms with E-state index in [-0.39, 0.29) is 31.0 Å². The quantitative estimate of drug-likeness (QED) is 0.0146. The number of aliphatic hydroxyl groups is 3. The number of carbonyl (C=O) groups excluding carboxylic acids is 3. The van der Waals surface area contributed by atoms with Gasteiger partial charge in [0.2, 0.25) is 0 Å². The number of aliphatic hydroxyl groups excluding tert-OH is 3. The maximum atomic E-state index is 12.7. The predicted octanol–water partition coefficient (Wildman–Crippen LogP) is 8.49. The van der Waals surface area contributed by atoms with Crippen LogP contribution in [0.15, 0.2) is 24.3 Å². The molecule has 1 aliphatic carbocycles. The molecule has 6 N–H and O–H groups in total. The van der Waals surface area contributed by atoms with E-state index < -0.39 is 84.3 Å². The second kappa shape index (κ2) is 35.5. The van der Waals surface area contributed by atoms with Crippen molar-refractivity contribution in [2.45, 2.75) is 199 Å². The first kappa shape index (κ1) is 58.2. The van der Waals surface area contributed by atoms with Crippen LogP contribution in [0.3, 0.4) is 0 Å². The maximum absolute atomic E-state index is 12.7. The molecular formula is C44H80O16P2. The summed E-state index contributed by atoms with van der Waals surface area (Å²) >= 11 is 0. The van der Waals surface area contributed by atoms with Crippen molar-refractivity contribution in [1.82, 2.24) is 0 Å². The molecule has 1 saturated carbocycles. The molecule has 1 fully saturated rings. The summed E-state index contributed by atoms with van der Waals surface area (Å²) in [6, 6.07) is 0. The third kappa shape index (κ3) is 31.9. The first-order chi connectivity index (χ1) is 29.6. The summed E-state index contributed by atoms with van der Waals surface area (Å²) in [5.74, 6) is -1.87. The van der Waals surface area contributed by atoms with E-state index in [1.807, 2.05) is 0 Å². The van der Waals surface area contributed by atoms with E-state index >= 15 is 0 Å². The molecule has 18 heteroatoms. The minimum absolute atomic E-state index is 0.0284. The molecule has 0 heterocycles. The smallest absolute Gasteiger partial charge is 0.462 e. The van der Waals surface area contributed by atoms with Gasteiger partial charge in [-0.25, -0.2) is 9.13 Å². The molecule has 0 amide bonds. The van der Waals surface area contributed by atoms with E-state index in [2.05, 4.69) is 35.0 Å². The molecule has 362 valence electrons. The Labute approximate surface area is 370 Å². The number of hydrogen-bond donors (Lipinski definition) is 6. The topological polar surface area (TPSA) is 253 Å². The fourth-order valence-electron chi connectivity index (χ4n) is 7.13. The summed E-state index contributed by atoms with van der Waals surface area (Å²) < 4.78 is 47.8. The van der Waals surface area contributed by atoms with Gasteiger partial charge in [-0.15, -0.1) is 0 Å². The number of ether oxygens (including phenoxy) is 2. The number of allylic oxidation sites excluding steroid dienone is 3. The van der Waals surface area contributed by atoms with Crippen molar-refractivity contribution in [2.24, 2.45) is 11.8 Å². The summed E-state index contributed by atoms with van der Waals surface area (Å²) in [5, 5.41) is 30.5. The summed E-state index contributed by atoms with van der Waals surface area (Å²) in [6.07, 6.45) is 25.0. The number of phosphoric acid groups is 2. The summed E-state index contributed by atoms with van der Waals surface area (Å²) in [4.78, 5) is 65.5. The average molecular weight is 927 g/mol. The second-order valence-electron chi connectivity index (χ2n) is 16.5. The van der Waals surface area contributed by atoms with E-state index in [1.54, 1.807) is 12.2 Å². The van der Waals surface area contributed by atoms with Crippen molar-refractivity contribution in [1.29, 1.82) is 0 Å². The molecule has 1 aliphatic rings. The van der Waals surface area contributed by atoms with Crippen molar-refractivity contribution in [3.05, 3.63) is 24.3 Å². The Bertz CT molecular complexity index is 1350. The van der Waals surface area contributed by atoms with Crippen molar-refractivity contribution in [3.63, 3.8) is 0 Å². The molecule has 0 aliphatic heterocycles. The van der Waals surface area contributed by atoms with Crippen LogP contribution < -0.4 is 0 Å². The number of carbonyl (C=O) groups is 3. The van der Waals surface area contributed by atoms with E-state index in [0.29, 0.717) is 32.1 Å². The van der Waals surface area contributed by atoms with Crippen LogP contribution in [0, 0.1) is 11.8 Å². The molecule has 0 aromatic rings. The van der Waals surface area contributed by atoms with E-state index in [4.69, 9.17) is 23.8 Å².